The summed E-state index contributed by atoms with van der Waals surface area (Å²) in [6.07, 6.45) is 0. The summed E-state index contributed by atoms with van der Waals surface area (Å²) in [6, 6.07) is 3.60. The molecule has 0 saturated heterocycles. The fourth-order valence-electron chi connectivity index (χ4n) is 1.37. The predicted octanol–water partition coefficient (Wildman–Crippen LogP) is 2.34. The molecule has 2 rings (SSSR count). The maximum atomic E-state index is 11.3. The molecule has 3 nitrogen and oxygen atoms in total. The Labute approximate surface area is 86.4 Å². The number of hydrogen-bond donors (Lipinski definition) is 0. The average molecular weight is 210 g/mol. The van der Waals surface area contributed by atoms with Crippen molar-refractivity contribution in [2.75, 3.05) is 13.0 Å². The zero-order chi connectivity index (χ0) is 10.1. The summed E-state index contributed by atoms with van der Waals surface area (Å²) >= 11 is 1.60. The predicted molar refractivity (Wildman–Crippen MR) is 54.4 cm³/mol. The molecule has 1 aliphatic rings. The number of methoxy groups -OCH3 is 1. The summed E-state index contributed by atoms with van der Waals surface area (Å²) in [5.41, 5.74) is 0.578. The smallest absolute Gasteiger partial charge is 0.163 e. The van der Waals surface area contributed by atoms with E-state index in [9.17, 15) is 4.79 Å². The van der Waals surface area contributed by atoms with E-state index in [1.54, 1.807) is 24.9 Å². The molecule has 1 aromatic carbocycles. The van der Waals surface area contributed by atoms with Crippen LogP contribution in [0.5, 0.6) is 11.5 Å². The van der Waals surface area contributed by atoms with Crippen molar-refractivity contribution in [3.05, 3.63) is 17.7 Å². The normalized spacial score (nSPS) is 13.3. The second-order valence-electron chi connectivity index (χ2n) is 2.96. The Bertz CT molecular complexity index is 387. The summed E-state index contributed by atoms with van der Waals surface area (Å²) in [7, 11) is 1.56. The van der Waals surface area contributed by atoms with Gasteiger partial charge in [-0.25, -0.2) is 0 Å². The molecule has 1 heterocycles. The highest BCUT2D eigenvalue weighted by Gasteiger charge is 2.18. The molecule has 0 radical (unpaired) electrons. The van der Waals surface area contributed by atoms with E-state index >= 15 is 0 Å². The van der Waals surface area contributed by atoms with Gasteiger partial charge in [-0.1, -0.05) is 11.8 Å². The summed E-state index contributed by atoms with van der Waals surface area (Å²) in [6.45, 7) is 1.52. The van der Waals surface area contributed by atoms with Gasteiger partial charge < -0.3 is 9.47 Å². The van der Waals surface area contributed by atoms with Crippen LogP contribution in [0, 0.1) is 0 Å². The fourth-order valence-corrected chi connectivity index (χ4v) is 2.13. The van der Waals surface area contributed by atoms with E-state index in [-0.39, 0.29) is 5.78 Å². The maximum Gasteiger partial charge on any atom is 0.163 e. The zero-order valence-electron chi connectivity index (χ0n) is 7.99. The first-order chi connectivity index (χ1) is 6.72. The SMILES string of the molecule is COc1cc2c(cc1C(C)=O)OCS2. The third-order valence-corrected chi connectivity index (χ3v) is 2.94. The third kappa shape index (κ3) is 1.46. The van der Waals surface area contributed by atoms with Crippen molar-refractivity contribution in [2.45, 2.75) is 11.8 Å². The first kappa shape index (κ1) is 9.40. The molecule has 0 N–H and O–H groups in total. The number of carbonyl (C=O) groups is 1. The second kappa shape index (κ2) is 3.53. The third-order valence-electron chi connectivity index (χ3n) is 2.07. The van der Waals surface area contributed by atoms with Gasteiger partial charge in [-0.05, 0) is 19.1 Å². The van der Waals surface area contributed by atoms with Crippen LogP contribution in [0.1, 0.15) is 17.3 Å². The molecule has 14 heavy (non-hydrogen) atoms. The molecule has 0 fully saturated rings. The van der Waals surface area contributed by atoms with Crippen molar-refractivity contribution in [2.24, 2.45) is 0 Å². The number of Topliss-reactive ketones (excluding diaryl/α,β-unsaturated/α-hetero) is 1. The minimum Gasteiger partial charge on any atom is -0.496 e. The minimum atomic E-state index is -0.00912. The molecule has 0 aromatic heterocycles. The van der Waals surface area contributed by atoms with Gasteiger partial charge in [-0.3, -0.25) is 4.79 Å². The van der Waals surface area contributed by atoms with Crippen LogP contribution >= 0.6 is 11.8 Å². The monoisotopic (exact) mass is 210 g/mol. The Morgan fingerprint density at radius 2 is 2.36 bits per heavy atom. The Morgan fingerprint density at radius 3 is 3.00 bits per heavy atom. The van der Waals surface area contributed by atoms with E-state index in [0.29, 0.717) is 17.3 Å². The van der Waals surface area contributed by atoms with Crippen LogP contribution in [0.25, 0.3) is 0 Å². The average Bonchev–Trinajstić information content (AvgIpc) is 2.62. The number of ketones is 1. The number of hydrogen-bond acceptors (Lipinski definition) is 4. The van der Waals surface area contributed by atoms with Crippen molar-refractivity contribution in [1.82, 2.24) is 0 Å². The van der Waals surface area contributed by atoms with E-state index in [1.807, 2.05) is 6.07 Å². The van der Waals surface area contributed by atoms with Gasteiger partial charge in [0.2, 0.25) is 0 Å². The van der Waals surface area contributed by atoms with Gasteiger partial charge in [0.15, 0.2) is 5.78 Å². The first-order valence-corrected chi connectivity index (χ1v) is 5.19. The van der Waals surface area contributed by atoms with Gasteiger partial charge in [0.05, 0.1) is 17.6 Å². The van der Waals surface area contributed by atoms with Crippen molar-refractivity contribution >= 4 is 17.5 Å². The molecule has 0 saturated carbocycles. The molecule has 0 aliphatic carbocycles. The molecule has 4 heteroatoms. The number of rotatable bonds is 2. The number of thioether (sulfide) groups is 1. The van der Waals surface area contributed by atoms with Crippen LogP contribution in [0.4, 0.5) is 0 Å². The van der Waals surface area contributed by atoms with Crippen molar-refractivity contribution in [1.29, 1.82) is 0 Å². The highest BCUT2D eigenvalue weighted by Crippen LogP contribution is 2.40. The van der Waals surface area contributed by atoms with E-state index < -0.39 is 0 Å². The molecular weight excluding hydrogens is 200 g/mol. The number of benzene rings is 1. The lowest BCUT2D eigenvalue weighted by atomic mass is 10.1. The number of fused-ring (bicyclic) bond motifs is 1. The zero-order valence-corrected chi connectivity index (χ0v) is 8.81. The molecule has 1 aromatic rings. The molecular formula is C10H10O3S. The van der Waals surface area contributed by atoms with E-state index in [4.69, 9.17) is 9.47 Å². The number of ether oxygens (including phenoxy) is 2. The van der Waals surface area contributed by atoms with Crippen LogP contribution in [-0.2, 0) is 0 Å². The molecule has 74 valence electrons. The van der Waals surface area contributed by atoms with Crippen LogP contribution in [0.2, 0.25) is 0 Å². The van der Waals surface area contributed by atoms with E-state index in [1.165, 1.54) is 6.92 Å². The Morgan fingerprint density at radius 1 is 1.57 bits per heavy atom. The Balaban J connectivity index is 2.54. The van der Waals surface area contributed by atoms with Crippen molar-refractivity contribution < 1.29 is 14.3 Å². The fraction of sp³-hybridized carbons (Fsp3) is 0.300. The van der Waals surface area contributed by atoms with Gasteiger partial charge in [-0.2, -0.15) is 0 Å². The molecule has 0 bridgehead atoms. The van der Waals surface area contributed by atoms with Gasteiger partial charge in [0.25, 0.3) is 0 Å². The molecule has 0 amide bonds. The van der Waals surface area contributed by atoms with Crippen molar-refractivity contribution in [3.8, 4) is 11.5 Å². The summed E-state index contributed by atoms with van der Waals surface area (Å²) in [5, 5.41) is 0. The highest BCUT2D eigenvalue weighted by molar-refractivity contribution is 7.99. The van der Waals surface area contributed by atoms with E-state index in [0.717, 1.165) is 10.6 Å². The lowest BCUT2D eigenvalue weighted by Gasteiger charge is -2.07. The second-order valence-corrected chi connectivity index (χ2v) is 3.93. The van der Waals surface area contributed by atoms with Crippen molar-refractivity contribution in [3.63, 3.8) is 0 Å². The molecule has 0 spiro atoms. The van der Waals surface area contributed by atoms with E-state index in [2.05, 4.69) is 0 Å². The van der Waals surface area contributed by atoms with Crippen LogP contribution in [-0.4, -0.2) is 18.8 Å². The Kier molecular flexibility index (Phi) is 2.37. The first-order valence-electron chi connectivity index (χ1n) is 4.21. The van der Waals surface area contributed by atoms with Crippen LogP contribution in [0.3, 0.4) is 0 Å². The lowest BCUT2D eigenvalue weighted by Crippen LogP contribution is -1.98. The molecule has 0 unspecified atom stereocenters. The maximum absolute atomic E-state index is 11.3. The lowest BCUT2D eigenvalue weighted by molar-refractivity contribution is 0.101. The highest BCUT2D eigenvalue weighted by atomic mass is 32.2. The molecule has 1 aliphatic heterocycles. The summed E-state index contributed by atoms with van der Waals surface area (Å²) in [4.78, 5) is 12.3. The Hall–Kier alpha value is -1.16. The minimum absolute atomic E-state index is 0.00912. The van der Waals surface area contributed by atoms with Gasteiger partial charge in [0.1, 0.15) is 17.4 Å². The van der Waals surface area contributed by atoms with Crippen LogP contribution in [0.15, 0.2) is 17.0 Å². The largest absolute Gasteiger partial charge is 0.496 e. The van der Waals surface area contributed by atoms with Crippen LogP contribution < -0.4 is 9.47 Å². The summed E-state index contributed by atoms with van der Waals surface area (Å²) < 4.78 is 10.5. The number of carbonyl (C=O) groups excluding carboxylic acids is 1. The standard InChI is InChI=1S/C10H10O3S/c1-6(11)7-3-9-10(14-5-13-9)4-8(7)12-2/h3-4H,5H2,1-2H3. The quantitative estimate of drug-likeness (QED) is 0.702. The summed E-state index contributed by atoms with van der Waals surface area (Å²) in [5.74, 6) is 2.00. The van der Waals surface area contributed by atoms with Gasteiger partial charge in [0, 0.05) is 0 Å². The topological polar surface area (TPSA) is 35.5 Å². The van der Waals surface area contributed by atoms with Gasteiger partial charge >= 0.3 is 0 Å². The molecule has 0 atom stereocenters. The van der Waals surface area contributed by atoms with Gasteiger partial charge in [-0.15, -0.1) is 0 Å².